The second-order valence-corrected chi connectivity index (χ2v) is 10.7. The van der Waals surface area contributed by atoms with Gasteiger partial charge >= 0.3 is 17.9 Å². The van der Waals surface area contributed by atoms with Gasteiger partial charge in [-0.05, 0) is 58.7 Å². The van der Waals surface area contributed by atoms with E-state index in [9.17, 15) is 19.2 Å². The van der Waals surface area contributed by atoms with Crippen LogP contribution in [0.15, 0.2) is 50.4 Å². The Morgan fingerprint density at radius 1 is 1.03 bits per heavy atom. The number of rotatable bonds is 8. The lowest BCUT2D eigenvalue weighted by Crippen LogP contribution is -2.26. The molecule has 0 bridgehead atoms. The summed E-state index contributed by atoms with van der Waals surface area (Å²) >= 11 is 9.28. The molecule has 1 atom stereocenters. The highest BCUT2D eigenvalue weighted by molar-refractivity contribution is 9.10. The Bertz CT molecular complexity index is 1430. The van der Waals surface area contributed by atoms with Crippen LogP contribution in [0.1, 0.15) is 45.1 Å². The molecule has 0 fully saturated rings. The highest BCUT2D eigenvalue weighted by atomic mass is 79.9. The smallest absolute Gasteiger partial charge is 0.357 e. The second kappa shape index (κ2) is 13.8. The fraction of sp³-hybridized carbons (Fsp3) is 0.240. The zero-order valence-corrected chi connectivity index (χ0v) is 25.2. The lowest BCUT2D eigenvalue weighted by molar-refractivity contribution is -0.141. The number of alkyl halides is 1. The summed E-state index contributed by atoms with van der Waals surface area (Å²) in [5.41, 5.74) is 2.67. The maximum atomic E-state index is 12.5. The molecule has 0 aliphatic rings. The number of methoxy groups -OCH3 is 1. The summed E-state index contributed by atoms with van der Waals surface area (Å²) in [4.78, 5) is 51.0. The number of hydrogen-bond donors (Lipinski definition) is 0. The Labute approximate surface area is 243 Å². The number of imidazole rings is 1. The van der Waals surface area contributed by atoms with Gasteiger partial charge in [0.1, 0.15) is 11.3 Å². The number of ketones is 1. The third-order valence-electron chi connectivity index (χ3n) is 4.88. The van der Waals surface area contributed by atoms with Crippen molar-refractivity contribution in [2.75, 3.05) is 20.3 Å². The maximum absolute atomic E-state index is 12.5. The van der Waals surface area contributed by atoms with Gasteiger partial charge in [0.2, 0.25) is 0 Å². The van der Waals surface area contributed by atoms with Gasteiger partial charge in [-0.1, -0.05) is 15.9 Å². The molecule has 0 radical (unpaired) electrons. The fourth-order valence-corrected chi connectivity index (χ4v) is 5.36. The maximum Gasteiger partial charge on any atom is 0.357 e. The topological polar surface area (TPSA) is 113 Å². The van der Waals surface area contributed by atoms with E-state index < -0.39 is 22.7 Å². The van der Waals surface area contributed by atoms with Crippen molar-refractivity contribution in [3.05, 3.63) is 67.2 Å². The summed E-state index contributed by atoms with van der Waals surface area (Å²) in [6, 6.07) is 5.16. The molecular weight excluding hydrogens is 664 g/mol. The first-order valence-corrected chi connectivity index (χ1v) is 14.7. The number of hydrogen-bond acceptors (Lipinski definition) is 10. The van der Waals surface area contributed by atoms with Gasteiger partial charge in [0.05, 0.1) is 20.3 Å². The van der Waals surface area contributed by atoms with Crippen molar-refractivity contribution in [2.24, 2.45) is 0 Å². The van der Waals surface area contributed by atoms with Gasteiger partial charge in [-0.25, -0.2) is 14.6 Å². The van der Waals surface area contributed by atoms with E-state index in [1.54, 1.807) is 47.3 Å². The number of ether oxygens (including phenoxy) is 3. The molecule has 38 heavy (non-hydrogen) atoms. The number of thiophene rings is 2. The fourth-order valence-electron chi connectivity index (χ4n) is 3.24. The normalized spacial score (nSPS) is 11.3. The summed E-state index contributed by atoms with van der Waals surface area (Å²) in [5, 5.41) is 7.27. The van der Waals surface area contributed by atoms with Crippen LogP contribution < -0.4 is 0 Å². The number of carbonyl (C=O) groups is 4. The molecule has 200 valence electrons. The molecule has 9 nitrogen and oxygen atoms in total. The summed E-state index contributed by atoms with van der Waals surface area (Å²) in [7, 11) is 1.30. The van der Waals surface area contributed by atoms with E-state index >= 15 is 0 Å². The van der Waals surface area contributed by atoms with Crippen LogP contribution in [0.3, 0.4) is 0 Å². The van der Waals surface area contributed by atoms with Gasteiger partial charge < -0.3 is 14.2 Å². The quantitative estimate of drug-likeness (QED) is 0.0725. The minimum absolute atomic E-state index is 0.243. The lowest BCUT2D eigenvalue weighted by atomic mass is 10.2. The number of fused-ring (bicyclic) bond motifs is 1. The Hall–Kier alpha value is -2.87. The number of nitrogens with zero attached hydrogens (tertiary/aromatic N) is 2. The van der Waals surface area contributed by atoms with Crippen molar-refractivity contribution < 1.29 is 33.4 Å². The molecule has 4 rings (SSSR count). The monoisotopic (exact) mass is 684 g/mol. The summed E-state index contributed by atoms with van der Waals surface area (Å²) in [6.07, 6.45) is 1.68. The number of Topliss-reactive ketones (excluding diaryl/α,β-unsaturated/α-hetero) is 1. The van der Waals surface area contributed by atoms with E-state index in [1.165, 1.54) is 29.8 Å². The first-order chi connectivity index (χ1) is 18.2. The molecule has 0 spiro atoms. The molecule has 0 N–H and O–H groups in total. The Balaban J connectivity index is 0.000000244. The first kappa shape index (κ1) is 29.7. The van der Waals surface area contributed by atoms with Crippen LogP contribution >= 0.6 is 54.5 Å². The van der Waals surface area contributed by atoms with Crippen LogP contribution in [0, 0.1) is 0 Å². The Morgan fingerprint density at radius 2 is 1.71 bits per heavy atom. The van der Waals surface area contributed by atoms with Crippen molar-refractivity contribution in [1.29, 1.82) is 0 Å². The molecule has 0 saturated carbocycles. The molecule has 1 unspecified atom stereocenters. The van der Waals surface area contributed by atoms with E-state index in [0.29, 0.717) is 21.4 Å². The van der Waals surface area contributed by atoms with Gasteiger partial charge in [-0.3, -0.25) is 14.0 Å². The number of halogens is 2. The predicted octanol–water partition coefficient (Wildman–Crippen LogP) is 6.05. The highest BCUT2D eigenvalue weighted by Gasteiger charge is 2.27. The van der Waals surface area contributed by atoms with Crippen molar-refractivity contribution in [1.82, 2.24) is 9.38 Å². The summed E-state index contributed by atoms with van der Waals surface area (Å²) < 4.78 is 16.9. The molecule has 0 amide bonds. The largest absolute Gasteiger partial charge is 0.465 e. The predicted molar refractivity (Wildman–Crippen MR) is 151 cm³/mol. The van der Waals surface area contributed by atoms with E-state index in [0.717, 1.165) is 5.56 Å². The Morgan fingerprint density at radius 3 is 2.29 bits per heavy atom. The standard InChI is InChI=1S/C16H13BrN2O4S.C9H9BrO3S/c1-3-23-16(21)13-12(9-4-5-24-8-9)18-14-11(15(20)22-2)6-10(17)7-19(13)14;1-2-13-9(12)7(10)8(11)6-3-4-14-5-6/h4-8H,3H2,1-2H3;3-5,7H,2H2,1H3. The molecule has 0 aliphatic carbocycles. The SMILES string of the molecule is CCOC(=O)C(Br)C(=O)c1ccsc1.CCOC(=O)c1c(-c2ccsc2)nc2c(C(=O)OC)cc(Br)cn12. The van der Waals surface area contributed by atoms with Gasteiger partial charge in [0, 0.05) is 32.6 Å². The summed E-state index contributed by atoms with van der Waals surface area (Å²) in [6.45, 7) is 3.96. The average molecular weight is 686 g/mol. The van der Waals surface area contributed by atoms with E-state index in [-0.39, 0.29) is 30.3 Å². The van der Waals surface area contributed by atoms with Crippen molar-refractivity contribution >= 4 is 83.9 Å². The minimum Gasteiger partial charge on any atom is -0.465 e. The summed E-state index contributed by atoms with van der Waals surface area (Å²) in [5.74, 6) is -1.83. The molecule has 0 saturated heterocycles. The van der Waals surface area contributed by atoms with Gasteiger partial charge in [0.15, 0.2) is 22.0 Å². The van der Waals surface area contributed by atoms with Gasteiger partial charge in [-0.2, -0.15) is 22.7 Å². The molecular formula is C25H22Br2N2O7S2. The average Bonchev–Trinajstić information content (AvgIpc) is 3.68. The van der Waals surface area contributed by atoms with Crippen LogP contribution in [-0.2, 0) is 19.0 Å². The van der Waals surface area contributed by atoms with E-state index in [2.05, 4.69) is 36.8 Å². The van der Waals surface area contributed by atoms with Crippen LogP contribution in [0.4, 0.5) is 0 Å². The van der Waals surface area contributed by atoms with Gasteiger partial charge in [-0.15, -0.1) is 0 Å². The second-order valence-electron chi connectivity index (χ2n) is 7.29. The molecule has 0 aliphatic heterocycles. The van der Waals surface area contributed by atoms with Crippen molar-refractivity contribution in [2.45, 2.75) is 18.7 Å². The molecule has 0 aromatic carbocycles. The van der Waals surface area contributed by atoms with Crippen LogP contribution in [0.2, 0.25) is 0 Å². The van der Waals surface area contributed by atoms with Crippen LogP contribution in [0.25, 0.3) is 16.9 Å². The Kier molecular flexibility index (Phi) is 10.8. The zero-order chi connectivity index (χ0) is 27.8. The number of carbonyl (C=O) groups excluding carboxylic acids is 4. The molecule has 4 heterocycles. The zero-order valence-electron chi connectivity index (χ0n) is 20.4. The molecule has 4 aromatic heterocycles. The minimum atomic E-state index is -0.892. The first-order valence-electron chi connectivity index (χ1n) is 11.1. The van der Waals surface area contributed by atoms with Crippen LogP contribution in [-0.4, -0.2) is 58.2 Å². The van der Waals surface area contributed by atoms with Crippen molar-refractivity contribution in [3.8, 4) is 11.3 Å². The lowest BCUT2D eigenvalue weighted by Gasteiger charge is -2.06. The third kappa shape index (κ3) is 6.76. The number of esters is 3. The van der Waals surface area contributed by atoms with E-state index in [4.69, 9.17) is 14.2 Å². The van der Waals surface area contributed by atoms with Crippen LogP contribution in [0.5, 0.6) is 0 Å². The van der Waals surface area contributed by atoms with E-state index in [1.807, 2.05) is 16.8 Å². The number of aromatic nitrogens is 2. The number of pyridine rings is 1. The van der Waals surface area contributed by atoms with Crippen molar-refractivity contribution in [3.63, 3.8) is 0 Å². The molecule has 4 aromatic rings. The highest BCUT2D eigenvalue weighted by Crippen LogP contribution is 2.30. The molecule has 13 heteroatoms. The van der Waals surface area contributed by atoms with Gasteiger partial charge in [0.25, 0.3) is 0 Å². The third-order valence-corrected chi connectivity index (χ3v) is 7.47.